The van der Waals surface area contributed by atoms with Crippen LogP contribution in [0.3, 0.4) is 0 Å². The number of pyridine rings is 1. The first-order valence-electron chi connectivity index (χ1n) is 9.29. The largest absolute Gasteiger partial charge is 0.453 e. The van der Waals surface area contributed by atoms with Gasteiger partial charge < -0.3 is 20.1 Å². The monoisotopic (exact) mass is 421 g/mol. The third-order valence-corrected chi connectivity index (χ3v) is 3.96. The molecule has 0 saturated carbocycles. The zero-order valence-electron chi connectivity index (χ0n) is 16.7. The van der Waals surface area contributed by atoms with Crippen LogP contribution in [0.1, 0.15) is 5.56 Å². The van der Waals surface area contributed by atoms with Crippen LogP contribution in [0.15, 0.2) is 73.1 Å². The van der Waals surface area contributed by atoms with Crippen molar-refractivity contribution in [3.05, 3.63) is 84.4 Å². The number of carbonyl (C=O) groups is 2. The average molecular weight is 421 g/mol. The first-order chi connectivity index (χ1) is 15.0. The molecule has 0 spiro atoms. The fraction of sp³-hybridized carbons (Fsp3) is 0.0870. The molecule has 0 atom stereocenters. The van der Waals surface area contributed by atoms with Crippen molar-refractivity contribution in [2.75, 3.05) is 24.4 Å². The lowest BCUT2D eigenvalue weighted by Crippen LogP contribution is -2.17. The van der Waals surface area contributed by atoms with Crippen LogP contribution >= 0.6 is 0 Å². The van der Waals surface area contributed by atoms with Gasteiger partial charge in [-0.25, -0.2) is 4.39 Å². The summed E-state index contributed by atoms with van der Waals surface area (Å²) in [4.78, 5) is 27.5. The van der Waals surface area contributed by atoms with E-state index >= 15 is 0 Å². The molecule has 31 heavy (non-hydrogen) atoms. The Morgan fingerprint density at radius 2 is 1.81 bits per heavy atom. The molecule has 0 unspecified atom stereocenters. The van der Waals surface area contributed by atoms with Crippen LogP contribution in [0.4, 0.5) is 15.8 Å². The van der Waals surface area contributed by atoms with Gasteiger partial charge >= 0.3 is 0 Å². The maximum absolute atomic E-state index is 14.3. The third-order valence-electron chi connectivity index (χ3n) is 3.96. The number of hydrogen-bond acceptors (Lipinski definition) is 5. The number of amides is 2. The van der Waals surface area contributed by atoms with Crippen molar-refractivity contribution in [3.63, 3.8) is 0 Å². The molecule has 0 bridgehead atoms. The number of methoxy groups -OCH3 is 1. The van der Waals surface area contributed by atoms with Crippen LogP contribution < -0.4 is 15.4 Å². The Hall–Kier alpha value is -4.04. The zero-order chi connectivity index (χ0) is 22.1. The quantitative estimate of drug-likeness (QED) is 0.531. The number of halogens is 1. The molecule has 0 radical (unpaired) electrons. The molecule has 158 valence electrons. The van der Waals surface area contributed by atoms with Gasteiger partial charge in [0.15, 0.2) is 11.6 Å². The van der Waals surface area contributed by atoms with Crippen molar-refractivity contribution < 1.29 is 23.5 Å². The van der Waals surface area contributed by atoms with Crippen LogP contribution in [-0.2, 0) is 14.3 Å². The van der Waals surface area contributed by atoms with Crippen molar-refractivity contribution in [1.29, 1.82) is 0 Å². The van der Waals surface area contributed by atoms with Gasteiger partial charge in [-0.1, -0.05) is 6.07 Å². The van der Waals surface area contributed by atoms with Crippen molar-refractivity contribution in [1.82, 2.24) is 4.98 Å². The summed E-state index contributed by atoms with van der Waals surface area (Å²) >= 11 is 0. The molecule has 1 aromatic heterocycles. The van der Waals surface area contributed by atoms with E-state index in [2.05, 4.69) is 15.6 Å². The van der Waals surface area contributed by atoms with Crippen molar-refractivity contribution in [3.8, 4) is 11.5 Å². The van der Waals surface area contributed by atoms with Gasteiger partial charge in [-0.05, 0) is 60.2 Å². The molecule has 7 nitrogen and oxygen atoms in total. The second-order valence-electron chi connectivity index (χ2n) is 6.36. The lowest BCUT2D eigenvalue weighted by atomic mass is 10.2. The molecule has 2 N–H and O–H groups in total. The summed E-state index contributed by atoms with van der Waals surface area (Å²) in [5.74, 6) is -0.725. The van der Waals surface area contributed by atoms with Gasteiger partial charge in [0, 0.05) is 30.8 Å². The number of carbonyl (C=O) groups excluding carboxylic acids is 2. The Bertz CT molecular complexity index is 1070. The van der Waals surface area contributed by atoms with Crippen LogP contribution in [0.2, 0.25) is 0 Å². The summed E-state index contributed by atoms with van der Waals surface area (Å²) in [6, 6.07) is 14.4. The van der Waals surface area contributed by atoms with Gasteiger partial charge in [0.25, 0.3) is 0 Å². The molecule has 2 aromatic carbocycles. The van der Waals surface area contributed by atoms with E-state index < -0.39 is 5.82 Å². The minimum absolute atomic E-state index is 0.0412. The molecule has 0 aliphatic rings. The molecule has 0 aliphatic heterocycles. The summed E-state index contributed by atoms with van der Waals surface area (Å²) in [5, 5.41) is 5.34. The second-order valence-corrected chi connectivity index (χ2v) is 6.36. The van der Waals surface area contributed by atoms with Crippen LogP contribution in [0, 0.1) is 5.82 Å². The smallest absolute Gasteiger partial charge is 0.250 e. The summed E-state index contributed by atoms with van der Waals surface area (Å²) in [5.41, 5.74) is 1.63. The molecular formula is C23H20FN3O4. The maximum atomic E-state index is 14.3. The lowest BCUT2D eigenvalue weighted by molar-refractivity contribution is -0.119. The van der Waals surface area contributed by atoms with Crippen molar-refractivity contribution in [2.24, 2.45) is 0 Å². The minimum atomic E-state index is -0.558. The van der Waals surface area contributed by atoms with E-state index in [9.17, 15) is 14.0 Å². The highest BCUT2D eigenvalue weighted by atomic mass is 19.1. The summed E-state index contributed by atoms with van der Waals surface area (Å²) in [6.45, 7) is -0.0412. The fourth-order valence-electron chi connectivity index (χ4n) is 2.56. The molecule has 2 amide bonds. The van der Waals surface area contributed by atoms with Gasteiger partial charge in [-0.15, -0.1) is 0 Å². The molecule has 0 saturated heterocycles. The Kier molecular flexibility index (Phi) is 7.45. The van der Waals surface area contributed by atoms with Gasteiger partial charge in [0.2, 0.25) is 11.8 Å². The van der Waals surface area contributed by atoms with Crippen LogP contribution in [0.25, 0.3) is 6.08 Å². The highest BCUT2D eigenvalue weighted by Crippen LogP contribution is 2.25. The molecule has 0 fully saturated rings. The Labute approximate surface area is 178 Å². The summed E-state index contributed by atoms with van der Waals surface area (Å²) < 4.78 is 24.5. The average Bonchev–Trinajstić information content (AvgIpc) is 2.76. The van der Waals surface area contributed by atoms with Gasteiger partial charge in [0.05, 0.1) is 6.20 Å². The zero-order valence-corrected chi connectivity index (χ0v) is 16.7. The van der Waals surface area contributed by atoms with E-state index in [1.165, 1.54) is 37.6 Å². The number of benzene rings is 2. The van der Waals surface area contributed by atoms with E-state index in [1.54, 1.807) is 48.7 Å². The second kappa shape index (κ2) is 10.7. The minimum Gasteiger partial charge on any atom is -0.453 e. The number of rotatable bonds is 8. The molecule has 3 aromatic rings. The van der Waals surface area contributed by atoms with E-state index in [-0.39, 0.29) is 24.2 Å². The standard InChI is InChI=1S/C23H20FN3O4/c1-30-15-23(29)27-18-8-6-17(7-9-18)26-22(28)11-5-16-4-10-21(20(24)13-16)31-19-3-2-12-25-14-19/h2-14H,15H2,1H3,(H,26,28)(H,27,29)/b11-5+. The highest BCUT2D eigenvalue weighted by Gasteiger charge is 2.06. The molecule has 8 heteroatoms. The van der Waals surface area contributed by atoms with Crippen LogP contribution in [0.5, 0.6) is 11.5 Å². The topological polar surface area (TPSA) is 89.6 Å². The van der Waals surface area contributed by atoms with Crippen molar-refractivity contribution >= 4 is 29.3 Å². The Morgan fingerprint density at radius 1 is 1.06 bits per heavy atom. The molecule has 1 heterocycles. The SMILES string of the molecule is COCC(=O)Nc1ccc(NC(=O)/C=C/c2ccc(Oc3cccnc3)c(F)c2)cc1. The predicted molar refractivity (Wildman–Crippen MR) is 115 cm³/mol. The van der Waals surface area contributed by atoms with Crippen molar-refractivity contribution in [2.45, 2.75) is 0 Å². The first-order valence-corrected chi connectivity index (χ1v) is 9.29. The summed E-state index contributed by atoms with van der Waals surface area (Å²) in [6.07, 6.45) is 5.87. The number of anilines is 2. The maximum Gasteiger partial charge on any atom is 0.250 e. The van der Waals surface area contributed by atoms with Gasteiger partial charge in [-0.2, -0.15) is 0 Å². The van der Waals surface area contributed by atoms with Gasteiger partial charge in [-0.3, -0.25) is 14.6 Å². The summed E-state index contributed by atoms with van der Waals surface area (Å²) in [7, 11) is 1.44. The number of nitrogens with zero attached hydrogens (tertiary/aromatic N) is 1. The lowest BCUT2D eigenvalue weighted by Gasteiger charge is -2.07. The van der Waals surface area contributed by atoms with E-state index in [1.807, 2.05) is 0 Å². The van der Waals surface area contributed by atoms with Gasteiger partial charge in [0.1, 0.15) is 12.4 Å². The normalized spacial score (nSPS) is 10.6. The first kappa shape index (κ1) is 21.7. The Morgan fingerprint density at radius 3 is 2.45 bits per heavy atom. The molecule has 3 rings (SSSR count). The van der Waals surface area contributed by atoms with E-state index in [0.717, 1.165) is 0 Å². The Balaban J connectivity index is 1.56. The third kappa shape index (κ3) is 6.76. The number of ether oxygens (including phenoxy) is 2. The number of nitrogens with one attached hydrogen (secondary N) is 2. The predicted octanol–water partition coefficient (Wildman–Crippen LogP) is 4.25. The molecular weight excluding hydrogens is 401 g/mol. The number of hydrogen-bond donors (Lipinski definition) is 2. The molecule has 0 aliphatic carbocycles. The van der Waals surface area contributed by atoms with E-state index in [0.29, 0.717) is 22.7 Å². The van der Waals surface area contributed by atoms with Crippen LogP contribution in [-0.4, -0.2) is 30.5 Å². The highest BCUT2D eigenvalue weighted by molar-refractivity contribution is 6.02. The van der Waals surface area contributed by atoms with E-state index in [4.69, 9.17) is 9.47 Å². The fourth-order valence-corrected chi connectivity index (χ4v) is 2.56. The number of aromatic nitrogens is 1.